The Kier molecular flexibility index (Phi) is 3.42. The van der Waals surface area contributed by atoms with Gasteiger partial charge in [-0.15, -0.1) is 4.91 Å². The number of aliphatic hydroxyl groups is 1. The van der Waals surface area contributed by atoms with Gasteiger partial charge in [-0.2, -0.15) is 0 Å². The van der Waals surface area contributed by atoms with Gasteiger partial charge in [-0.1, -0.05) is 17.7 Å². The van der Waals surface area contributed by atoms with Gasteiger partial charge in [0, 0.05) is 16.1 Å². The highest BCUT2D eigenvalue weighted by molar-refractivity contribution is 6.30. The van der Waals surface area contributed by atoms with E-state index in [0.717, 1.165) is 5.56 Å². The standard InChI is InChI=1S/C15H12ClNO3/c16-9-2-1-3-10(8-9)20-14-7-5-12(17-19)15-11(14)4-6-13(15)18/h1-3,5,7-8,13,18H,4,6H2. The molecule has 1 aliphatic carbocycles. The Balaban J connectivity index is 2.01. The van der Waals surface area contributed by atoms with Crippen LogP contribution in [0.5, 0.6) is 11.5 Å². The van der Waals surface area contributed by atoms with Gasteiger partial charge in [-0.05, 0) is 48.4 Å². The average Bonchev–Trinajstić information content (AvgIpc) is 2.82. The van der Waals surface area contributed by atoms with E-state index in [1.54, 1.807) is 36.4 Å². The third-order valence-corrected chi connectivity index (χ3v) is 3.65. The summed E-state index contributed by atoms with van der Waals surface area (Å²) >= 11 is 5.92. The Bertz CT molecular complexity index is 672. The van der Waals surface area contributed by atoms with E-state index in [0.29, 0.717) is 34.9 Å². The lowest BCUT2D eigenvalue weighted by molar-refractivity contribution is 0.180. The van der Waals surface area contributed by atoms with E-state index in [1.807, 2.05) is 0 Å². The molecule has 4 nitrogen and oxygen atoms in total. The van der Waals surface area contributed by atoms with Crippen molar-refractivity contribution >= 4 is 17.3 Å². The molecule has 0 heterocycles. The molecule has 0 amide bonds. The lowest BCUT2D eigenvalue weighted by Crippen LogP contribution is -1.94. The van der Waals surface area contributed by atoms with Gasteiger partial charge in [0.1, 0.15) is 17.2 Å². The number of nitroso groups, excluding NO2 is 1. The van der Waals surface area contributed by atoms with Crippen molar-refractivity contribution in [3.8, 4) is 11.5 Å². The molecule has 2 aromatic rings. The van der Waals surface area contributed by atoms with E-state index in [1.165, 1.54) is 0 Å². The fourth-order valence-electron chi connectivity index (χ4n) is 2.52. The van der Waals surface area contributed by atoms with Crippen molar-refractivity contribution in [3.05, 3.63) is 57.5 Å². The number of benzene rings is 2. The monoisotopic (exact) mass is 289 g/mol. The molecule has 3 rings (SSSR count). The number of nitrogens with zero attached hydrogens (tertiary/aromatic N) is 1. The fraction of sp³-hybridized carbons (Fsp3) is 0.200. The van der Waals surface area contributed by atoms with Gasteiger partial charge in [0.25, 0.3) is 0 Å². The highest BCUT2D eigenvalue weighted by Crippen LogP contribution is 2.43. The molecule has 0 radical (unpaired) electrons. The summed E-state index contributed by atoms with van der Waals surface area (Å²) in [6.07, 6.45) is 0.587. The van der Waals surface area contributed by atoms with Crippen molar-refractivity contribution in [1.82, 2.24) is 0 Å². The first kappa shape index (κ1) is 13.1. The van der Waals surface area contributed by atoms with Crippen LogP contribution in [0.2, 0.25) is 5.02 Å². The fourth-order valence-corrected chi connectivity index (χ4v) is 2.70. The second-order valence-electron chi connectivity index (χ2n) is 4.68. The number of fused-ring (bicyclic) bond motifs is 1. The van der Waals surface area contributed by atoms with Gasteiger partial charge in [-0.3, -0.25) is 0 Å². The summed E-state index contributed by atoms with van der Waals surface area (Å²) in [6.45, 7) is 0. The highest BCUT2D eigenvalue weighted by atomic mass is 35.5. The second kappa shape index (κ2) is 5.23. The van der Waals surface area contributed by atoms with Crippen molar-refractivity contribution in [2.75, 3.05) is 0 Å². The maximum absolute atomic E-state index is 10.8. The van der Waals surface area contributed by atoms with Crippen LogP contribution in [0.15, 0.2) is 41.6 Å². The first-order valence-corrected chi connectivity index (χ1v) is 6.67. The minimum absolute atomic E-state index is 0.281. The Morgan fingerprint density at radius 3 is 2.90 bits per heavy atom. The van der Waals surface area contributed by atoms with Gasteiger partial charge in [-0.25, -0.2) is 0 Å². The maximum Gasteiger partial charge on any atom is 0.131 e. The molecule has 0 bridgehead atoms. The molecule has 1 aliphatic rings. The molecule has 1 unspecified atom stereocenters. The zero-order valence-electron chi connectivity index (χ0n) is 10.5. The minimum Gasteiger partial charge on any atom is -0.457 e. The topological polar surface area (TPSA) is 58.9 Å². The number of hydrogen-bond donors (Lipinski definition) is 1. The molecule has 20 heavy (non-hydrogen) atoms. The summed E-state index contributed by atoms with van der Waals surface area (Å²) in [5.41, 5.74) is 1.71. The molecule has 0 aliphatic heterocycles. The largest absolute Gasteiger partial charge is 0.457 e. The molecule has 0 spiro atoms. The van der Waals surface area contributed by atoms with Crippen LogP contribution >= 0.6 is 11.6 Å². The molecule has 2 aromatic carbocycles. The smallest absolute Gasteiger partial charge is 0.131 e. The zero-order chi connectivity index (χ0) is 14.1. The van der Waals surface area contributed by atoms with Crippen LogP contribution in [-0.4, -0.2) is 5.11 Å². The van der Waals surface area contributed by atoms with Crippen LogP contribution in [0.25, 0.3) is 0 Å². The SMILES string of the molecule is O=Nc1ccc(Oc2cccc(Cl)c2)c2c1C(O)CC2. The van der Waals surface area contributed by atoms with Crippen LogP contribution in [0.4, 0.5) is 5.69 Å². The summed E-state index contributed by atoms with van der Waals surface area (Å²) < 4.78 is 5.81. The van der Waals surface area contributed by atoms with E-state index >= 15 is 0 Å². The van der Waals surface area contributed by atoms with Gasteiger partial charge < -0.3 is 9.84 Å². The Morgan fingerprint density at radius 1 is 1.30 bits per heavy atom. The lowest BCUT2D eigenvalue weighted by atomic mass is 10.1. The van der Waals surface area contributed by atoms with E-state index in [2.05, 4.69) is 5.18 Å². The van der Waals surface area contributed by atoms with Crippen LogP contribution in [0.3, 0.4) is 0 Å². The first-order chi connectivity index (χ1) is 9.69. The number of ether oxygens (including phenoxy) is 1. The molecule has 0 saturated heterocycles. The molecular weight excluding hydrogens is 278 g/mol. The van der Waals surface area contributed by atoms with Crippen molar-refractivity contribution < 1.29 is 9.84 Å². The zero-order valence-corrected chi connectivity index (χ0v) is 11.3. The predicted molar refractivity (Wildman–Crippen MR) is 76.7 cm³/mol. The lowest BCUT2D eigenvalue weighted by Gasteiger charge is -2.12. The third-order valence-electron chi connectivity index (χ3n) is 3.41. The van der Waals surface area contributed by atoms with Crippen molar-refractivity contribution in [2.45, 2.75) is 18.9 Å². The number of halogens is 1. The summed E-state index contributed by atoms with van der Waals surface area (Å²) in [5, 5.41) is 13.5. The predicted octanol–water partition coefficient (Wildman–Crippen LogP) is 4.51. The third kappa shape index (κ3) is 2.28. The van der Waals surface area contributed by atoms with E-state index in [9.17, 15) is 10.0 Å². The van der Waals surface area contributed by atoms with Crippen molar-refractivity contribution in [3.63, 3.8) is 0 Å². The van der Waals surface area contributed by atoms with Gasteiger partial charge in [0.2, 0.25) is 0 Å². The average molecular weight is 290 g/mol. The Hall–Kier alpha value is -1.91. The Labute approximate surface area is 120 Å². The van der Waals surface area contributed by atoms with Gasteiger partial charge in [0.05, 0.1) is 6.10 Å². The normalized spacial score (nSPS) is 16.8. The van der Waals surface area contributed by atoms with Gasteiger partial charge in [0.15, 0.2) is 0 Å². The molecule has 102 valence electrons. The summed E-state index contributed by atoms with van der Waals surface area (Å²) in [4.78, 5) is 10.8. The van der Waals surface area contributed by atoms with Crippen LogP contribution in [0.1, 0.15) is 23.7 Å². The quantitative estimate of drug-likeness (QED) is 0.846. The molecular formula is C15H12ClNO3. The van der Waals surface area contributed by atoms with Crippen LogP contribution in [-0.2, 0) is 6.42 Å². The molecule has 0 aromatic heterocycles. The van der Waals surface area contributed by atoms with Crippen LogP contribution < -0.4 is 4.74 Å². The van der Waals surface area contributed by atoms with Gasteiger partial charge >= 0.3 is 0 Å². The maximum atomic E-state index is 10.8. The van der Waals surface area contributed by atoms with E-state index < -0.39 is 6.10 Å². The van der Waals surface area contributed by atoms with Crippen molar-refractivity contribution in [1.29, 1.82) is 0 Å². The molecule has 5 heteroatoms. The van der Waals surface area contributed by atoms with Crippen LogP contribution in [0, 0.1) is 4.91 Å². The highest BCUT2D eigenvalue weighted by Gasteiger charge is 2.27. The summed E-state index contributed by atoms with van der Waals surface area (Å²) in [7, 11) is 0. The molecule has 1 N–H and O–H groups in total. The molecule has 0 fully saturated rings. The molecule has 0 saturated carbocycles. The number of aliphatic hydroxyl groups excluding tert-OH is 1. The summed E-state index contributed by atoms with van der Waals surface area (Å²) in [5.74, 6) is 1.25. The minimum atomic E-state index is -0.652. The summed E-state index contributed by atoms with van der Waals surface area (Å²) in [6, 6.07) is 10.4. The number of hydrogen-bond acceptors (Lipinski definition) is 4. The number of rotatable bonds is 3. The van der Waals surface area contributed by atoms with E-state index in [4.69, 9.17) is 16.3 Å². The first-order valence-electron chi connectivity index (χ1n) is 6.29. The molecule has 1 atom stereocenters. The van der Waals surface area contributed by atoms with E-state index in [-0.39, 0.29) is 5.69 Å². The second-order valence-corrected chi connectivity index (χ2v) is 5.12. The Morgan fingerprint density at radius 2 is 2.15 bits per heavy atom. The van der Waals surface area contributed by atoms with Crippen molar-refractivity contribution in [2.24, 2.45) is 5.18 Å².